The second kappa shape index (κ2) is 8.46. The van der Waals surface area contributed by atoms with Crippen LogP contribution in [0.2, 0.25) is 0 Å². The van der Waals surface area contributed by atoms with E-state index in [9.17, 15) is 0 Å². The van der Waals surface area contributed by atoms with Crippen LogP contribution in [0.4, 0.5) is 5.82 Å². The SMILES string of the molecule is CCCSc1nc(N2CCN(CC)CC2)c2c3c(sc2n1)CO[C@@](C)(CC)C3. The third kappa shape index (κ3) is 3.91. The summed E-state index contributed by atoms with van der Waals surface area (Å²) in [6.07, 6.45) is 3.13. The van der Waals surface area contributed by atoms with Gasteiger partial charge in [0.05, 0.1) is 17.6 Å². The highest BCUT2D eigenvalue weighted by Gasteiger charge is 2.34. The van der Waals surface area contributed by atoms with Crippen LogP contribution < -0.4 is 4.90 Å². The quantitative estimate of drug-likeness (QED) is 0.503. The highest BCUT2D eigenvalue weighted by atomic mass is 32.2. The molecule has 28 heavy (non-hydrogen) atoms. The zero-order valence-corrected chi connectivity index (χ0v) is 19.2. The lowest BCUT2D eigenvalue weighted by atomic mass is 9.90. The third-order valence-electron chi connectivity index (χ3n) is 6.10. The molecule has 4 rings (SSSR count). The van der Waals surface area contributed by atoms with Crippen molar-refractivity contribution in [2.45, 2.75) is 64.3 Å². The molecule has 5 nitrogen and oxygen atoms in total. The highest BCUT2D eigenvalue weighted by molar-refractivity contribution is 7.99. The standard InChI is InChI=1S/C21H32N4OS2/c1-5-12-27-20-22-18(25-10-8-24(7-3)9-11-25)17-15-13-21(4,6-2)26-14-16(15)28-19(17)23-20/h5-14H2,1-4H3/t21-/m0/s1. The van der Waals surface area contributed by atoms with E-state index in [0.29, 0.717) is 6.61 Å². The van der Waals surface area contributed by atoms with Crippen LogP contribution in [0, 0.1) is 0 Å². The first-order valence-electron chi connectivity index (χ1n) is 10.6. The molecule has 0 N–H and O–H groups in total. The van der Waals surface area contributed by atoms with Gasteiger partial charge in [-0.2, -0.15) is 0 Å². The second-order valence-electron chi connectivity index (χ2n) is 8.05. The van der Waals surface area contributed by atoms with Crippen molar-refractivity contribution in [3.8, 4) is 0 Å². The van der Waals surface area contributed by atoms with E-state index in [1.165, 1.54) is 15.8 Å². The summed E-state index contributed by atoms with van der Waals surface area (Å²) in [5, 5.41) is 2.23. The molecule has 0 radical (unpaired) electrons. The van der Waals surface area contributed by atoms with E-state index in [2.05, 4.69) is 37.5 Å². The minimum Gasteiger partial charge on any atom is -0.369 e. The monoisotopic (exact) mass is 420 g/mol. The van der Waals surface area contributed by atoms with Gasteiger partial charge in [-0.15, -0.1) is 11.3 Å². The Kier molecular flexibility index (Phi) is 6.16. The molecule has 0 bridgehead atoms. The van der Waals surface area contributed by atoms with Crippen molar-refractivity contribution in [3.63, 3.8) is 0 Å². The first-order valence-corrected chi connectivity index (χ1v) is 12.4. The van der Waals surface area contributed by atoms with Gasteiger partial charge < -0.3 is 14.5 Å². The van der Waals surface area contributed by atoms with E-state index >= 15 is 0 Å². The number of anilines is 1. The molecule has 1 fully saturated rings. The Balaban J connectivity index is 1.77. The van der Waals surface area contributed by atoms with Crippen molar-refractivity contribution in [2.24, 2.45) is 0 Å². The third-order valence-corrected chi connectivity index (χ3v) is 8.25. The van der Waals surface area contributed by atoms with Gasteiger partial charge in [-0.25, -0.2) is 9.97 Å². The molecular formula is C21H32N4OS2. The summed E-state index contributed by atoms with van der Waals surface area (Å²) in [6, 6.07) is 0. The number of thiophene rings is 1. The average Bonchev–Trinajstić information content (AvgIpc) is 3.09. The Labute approximate surface area is 176 Å². The minimum absolute atomic E-state index is 0.0746. The molecule has 1 atom stereocenters. The molecular weight excluding hydrogens is 388 g/mol. The van der Waals surface area contributed by atoms with Crippen molar-refractivity contribution in [1.82, 2.24) is 14.9 Å². The van der Waals surface area contributed by atoms with Gasteiger partial charge in [0.15, 0.2) is 5.16 Å². The highest BCUT2D eigenvalue weighted by Crippen LogP contribution is 2.43. The van der Waals surface area contributed by atoms with Crippen molar-refractivity contribution < 1.29 is 4.74 Å². The number of piperazine rings is 1. The van der Waals surface area contributed by atoms with Crippen LogP contribution in [-0.4, -0.2) is 58.9 Å². The van der Waals surface area contributed by atoms with E-state index in [1.54, 1.807) is 11.8 Å². The molecule has 0 aromatic carbocycles. The number of likely N-dealkylation sites (N-methyl/N-ethyl adjacent to an activating group) is 1. The van der Waals surface area contributed by atoms with E-state index in [4.69, 9.17) is 14.7 Å². The molecule has 7 heteroatoms. The molecule has 2 aromatic heterocycles. The second-order valence-corrected chi connectivity index (χ2v) is 10.2. The van der Waals surface area contributed by atoms with Crippen LogP contribution in [0.3, 0.4) is 0 Å². The number of nitrogens with zero attached hydrogens (tertiary/aromatic N) is 4. The largest absolute Gasteiger partial charge is 0.369 e. The number of hydrogen-bond donors (Lipinski definition) is 0. The van der Waals surface area contributed by atoms with E-state index in [1.807, 2.05) is 11.3 Å². The van der Waals surface area contributed by atoms with Gasteiger partial charge >= 0.3 is 0 Å². The maximum Gasteiger partial charge on any atom is 0.190 e. The Morgan fingerprint density at radius 3 is 2.61 bits per heavy atom. The minimum atomic E-state index is -0.0746. The zero-order valence-electron chi connectivity index (χ0n) is 17.6. The normalized spacial score (nSPS) is 23.4. The van der Waals surface area contributed by atoms with E-state index < -0.39 is 0 Å². The molecule has 0 aliphatic carbocycles. The number of fused-ring (bicyclic) bond motifs is 3. The zero-order chi connectivity index (χ0) is 19.7. The number of rotatable bonds is 6. The number of hydrogen-bond acceptors (Lipinski definition) is 7. The molecule has 2 aliphatic rings. The maximum absolute atomic E-state index is 6.22. The molecule has 2 aliphatic heterocycles. The van der Waals surface area contributed by atoms with Gasteiger partial charge in [0, 0.05) is 43.2 Å². The predicted octanol–water partition coefficient (Wildman–Crippen LogP) is 4.58. The number of thioether (sulfide) groups is 1. The molecule has 2 aromatic rings. The average molecular weight is 421 g/mol. The molecule has 0 amide bonds. The lowest BCUT2D eigenvalue weighted by Gasteiger charge is -2.36. The van der Waals surface area contributed by atoms with E-state index in [0.717, 1.165) is 73.5 Å². The van der Waals surface area contributed by atoms with Gasteiger partial charge in [0.25, 0.3) is 0 Å². The van der Waals surface area contributed by atoms with Gasteiger partial charge in [-0.3, -0.25) is 0 Å². The van der Waals surface area contributed by atoms with E-state index in [-0.39, 0.29) is 5.60 Å². The fraction of sp³-hybridized carbons (Fsp3) is 0.714. The van der Waals surface area contributed by atoms with Gasteiger partial charge in [-0.05, 0) is 31.9 Å². The molecule has 0 unspecified atom stereocenters. The first kappa shape index (κ1) is 20.4. The van der Waals surface area contributed by atoms with Gasteiger partial charge in [-0.1, -0.05) is 32.5 Å². The molecule has 4 heterocycles. The molecule has 1 saturated heterocycles. The maximum atomic E-state index is 6.22. The van der Waals surface area contributed by atoms with Crippen LogP contribution in [0.25, 0.3) is 10.2 Å². The predicted molar refractivity (Wildman–Crippen MR) is 120 cm³/mol. The Hall–Kier alpha value is -0.890. The number of aromatic nitrogens is 2. The summed E-state index contributed by atoms with van der Waals surface area (Å²) < 4.78 is 6.22. The Bertz CT molecular complexity index is 831. The van der Waals surface area contributed by atoms with Crippen molar-refractivity contribution in [1.29, 1.82) is 0 Å². The van der Waals surface area contributed by atoms with Crippen LogP contribution in [0.1, 0.15) is 51.0 Å². The lowest BCUT2D eigenvalue weighted by Crippen LogP contribution is -2.46. The summed E-state index contributed by atoms with van der Waals surface area (Å²) in [7, 11) is 0. The van der Waals surface area contributed by atoms with Crippen molar-refractivity contribution in [2.75, 3.05) is 43.4 Å². The summed E-state index contributed by atoms with van der Waals surface area (Å²) in [5.74, 6) is 2.23. The Morgan fingerprint density at radius 2 is 1.93 bits per heavy atom. The Morgan fingerprint density at radius 1 is 1.14 bits per heavy atom. The van der Waals surface area contributed by atoms with Crippen LogP contribution in [0.15, 0.2) is 5.16 Å². The summed E-state index contributed by atoms with van der Waals surface area (Å²) in [5.41, 5.74) is 1.37. The molecule has 0 spiro atoms. The molecule has 154 valence electrons. The first-order chi connectivity index (χ1) is 13.6. The van der Waals surface area contributed by atoms with Crippen LogP contribution in [0.5, 0.6) is 0 Å². The molecule has 0 saturated carbocycles. The summed E-state index contributed by atoms with van der Waals surface area (Å²) >= 11 is 3.60. The van der Waals surface area contributed by atoms with Gasteiger partial charge in [0.2, 0.25) is 0 Å². The van der Waals surface area contributed by atoms with Gasteiger partial charge in [0.1, 0.15) is 10.6 Å². The summed E-state index contributed by atoms with van der Waals surface area (Å²) in [4.78, 5) is 17.6. The number of ether oxygens (including phenoxy) is 1. The fourth-order valence-electron chi connectivity index (χ4n) is 4.02. The lowest BCUT2D eigenvalue weighted by molar-refractivity contribution is -0.0543. The topological polar surface area (TPSA) is 41.5 Å². The van der Waals surface area contributed by atoms with Crippen molar-refractivity contribution in [3.05, 3.63) is 10.4 Å². The fourth-order valence-corrected chi connectivity index (χ4v) is 5.87. The van der Waals surface area contributed by atoms with Crippen molar-refractivity contribution >= 4 is 39.1 Å². The van der Waals surface area contributed by atoms with Crippen LogP contribution >= 0.6 is 23.1 Å². The smallest absolute Gasteiger partial charge is 0.190 e. The summed E-state index contributed by atoms with van der Waals surface area (Å²) in [6.45, 7) is 15.1. The van der Waals surface area contributed by atoms with Crippen LogP contribution in [-0.2, 0) is 17.8 Å².